The average molecular weight is 473 g/mol. The number of sulfonamides is 1. The minimum absolute atomic E-state index is 0.205. The summed E-state index contributed by atoms with van der Waals surface area (Å²) in [6, 6.07) is 11.7. The molecule has 0 spiro atoms. The van der Waals surface area contributed by atoms with Gasteiger partial charge < -0.3 is 5.32 Å². The van der Waals surface area contributed by atoms with Crippen LogP contribution in [0.5, 0.6) is 0 Å². The van der Waals surface area contributed by atoms with E-state index < -0.39 is 26.6 Å². The molecule has 1 aromatic heterocycles. The molecular weight excluding hydrogens is 462 g/mol. The van der Waals surface area contributed by atoms with E-state index in [0.717, 1.165) is 15.9 Å². The SMILES string of the molecule is O=C(Nc1ccc(NS(=O)(=O)c2ccc(F)c(F)c2)cc1)c1ccc(Br)s1. The van der Waals surface area contributed by atoms with Crippen LogP contribution in [0, 0.1) is 11.6 Å². The Labute approximate surface area is 166 Å². The minimum Gasteiger partial charge on any atom is -0.321 e. The molecule has 0 aliphatic heterocycles. The number of thiophene rings is 1. The van der Waals surface area contributed by atoms with Crippen molar-refractivity contribution in [2.24, 2.45) is 0 Å². The van der Waals surface area contributed by atoms with Gasteiger partial charge in [-0.3, -0.25) is 9.52 Å². The molecule has 0 fully saturated rings. The normalized spacial score (nSPS) is 11.2. The van der Waals surface area contributed by atoms with Crippen LogP contribution < -0.4 is 10.0 Å². The highest BCUT2D eigenvalue weighted by atomic mass is 79.9. The zero-order valence-corrected chi connectivity index (χ0v) is 16.6. The number of anilines is 2. The zero-order valence-electron chi connectivity index (χ0n) is 13.4. The fourth-order valence-electron chi connectivity index (χ4n) is 2.11. The molecule has 0 radical (unpaired) electrons. The maximum Gasteiger partial charge on any atom is 0.265 e. The summed E-state index contributed by atoms with van der Waals surface area (Å²) in [7, 11) is -4.08. The molecule has 0 unspecified atom stereocenters. The molecule has 27 heavy (non-hydrogen) atoms. The second-order valence-corrected chi connectivity index (χ2v) is 9.46. The average Bonchev–Trinajstić information content (AvgIpc) is 3.05. The van der Waals surface area contributed by atoms with Crippen LogP contribution in [0.2, 0.25) is 0 Å². The second-order valence-electron chi connectivity index (χ2n) is 5.32. The molecule has 5 nitrogen and oxygen atoms in total. The molecule has 2 N–H and O–H groups in total. The van der Waals surface area contributed by atoms with Gasteiger partial charge in [-0.25, -0.2) is 17.2 Å². The van der Waals surface area contributed by atoms with E-state index in [-0.39, 0.29) is 11.6 Å². The number of nitrogens with one attached hydrogen (secondary N) is 2. The molecule has 10 heteroatoms. The van der Waals surface area contributed by atoms with Crippen molar-refractivity contribution in [2.75, 3.05) is 10.0 Å². The molecule has 0 aliphatic rings. The molecule has 0 saturated carbocycles. The molecule has 0 aliphatic carbocycles. The van der Waals surface area contributed by atoms with E-state index in [2.05, 4.69) is 26.0 Å². The van der Waals surface area contributed by atoms with E-state index >= 15 is 0 Å². The van der Waals surface area contributed by atoms with Gasteiger partial charge in [0.1, 0.15) is 0 Å². The Morgan fingerprint density at radius 2 is 1.59 bits per heavy atom. The lowest BCUT2D eigenvalue weighted by Crippen LogP contribution is -2.14. The smallest absolute Gasteiger partial charge is 0.265 e. The van der Waals surface area contributed by atoms with Crippen molar-refractivity contribution in [1.82, 2.24) is 0 Å². The number of benzene rings is 2. The van der Waals surface area contributed by atoms with E-state index in [9.17, 15) is 22.0 Å². The van der Waals surface area contributed by atoms with Crippen molar-refractivity contribution in [1.29, 1.82) is 0 Å². The summed E-state index contributed by atoms with van der Waals surface area (Å²) in [5.74, 6) is -2.68. The van der Waals surface area contributed by atoms with Crippen LogP contribution >= 0.6 is 27.3 Å². The highest BCUT2D eigenvalue weighted by molar-refractivity contribution is 9.11. The zero-order chi connectivity index (χ0) is 19.6. The molecule has 2 aromatic carbocycles. The maximum absolute atomic E-state index is 13.3. The molecular formula is C17H11BrF2N2O3S2. The first-order valence-corrected chi connectivity index (χ1v) is 10.5. The number of hydrogen-bond acceptors (Lipinski definition) is 4. The lowest BCUT2D eigenvalue weighted by molar-refractivity contribution is 0.103. The molecule has 1 heterocycles. The Kier molecular flexibility index (Phi) is 5.59. The van der Waals surface area contributed by atoms with Gasteiger partial charge in [-0.05, 0) is 70.5 Å². The van der Waals surface area contributed by atoms with E-state index in [0.29, 0.717) is 16.6 Å². The fourth-order valence-corrected chi connectivity index (χ4v) is 4.46. The fraction of sp³-hybridized carbons (Fsp3) is 0. The molecule has 0 saturated heterocycles. The Balaban J connectivity index is 1.71. The van der Waals surface area contributed by atoms with Crippen LogP contribution in [0.4, 0.5) is 20.2 Å². The van der Waals surface area contributed by atoms with Crippen molar-refractivity contribution >= 4 is 54.6 Å². The van der Waals surface area contributed by atoms with E-state index in [1.54, 1.807) is 12.1 Å². The largest absolute Gasteiger partial charge is 0.321 e. The number of carbonyl (C=O) groups excluding carboxylic acids is 1. The van der Waals surface area contributed by atoms with Gasteiger partial charge in [-0.1, -0.05) is 0 Å². The lowest BCUT2D eigenvalue weighted by atomic mass is 10.3. The molecule has 140 valence electrons. The van der Waals surface area contributed by atoms with Gasteiger partial charge in [0.2, 0.25) is 0 Å². The Morgan fingerprint density at radius 3 is 2.19 bits per heavy atom. The van der Waals surface area contributed by atoms with E-state index in [1.165, 1.54) is 35.6 Å². The van der Waals surface area contributed by atoms with Crippen LogP contribution in [0.25, 0.3) is 0 Å². The number of amides is 1. The number of hydrogen-bond donors (Lipinski definition) is 2. The summed E-state index contributed by atoms with van der Waals surface area (Å²) < 4.78 is 53.8. The Morgan fingerprint density at radius 1 is 0.926 bits per heavy atom. The first-order chi connectivity index (χ1) is 12.7. The number of rotatable bonds is 5. The van der Waals surface area contributed by atoms with Crippen LogP contribution in [0.1, 0.15) is 9.67 Å². The summed E-state index contributed by atoms with van der Waals surface area (Å²) >= 11 is 4.56. The summed E-state index contributed by atoms with van der Waals surface area (Å²) in [5.41, 5.74) is 0.678. The molecule has 3 rings (SSSR count). The summed E-state index contributed by atoms with van der Waals surface area (Å²) in [6.07, 6.45) is 0. The van der Waals surface area contributed by atoms with Crippen LogP contribution in [0.3, 0.4) is 0 Å². The predicted octanol–water partition coefficient (Wildman–Crippen LogP) is 4.84. The van der Waals surface area contributed by atoms with Gasteiger partial charge >= 0.3 is 0 Å². The maximum atomic E-state index is 13.3. The lowest BCUT2D eigenvalue weighted by Gasteiger charge is -2.09. The molecule has 0 bridgehead atoms. The van der Waals surface area contributed by atoms with Gasteiger partial charge in [-0.2, -0.15) is 0 Å². The third kappa shape index (κ3) is 4.71. The highest BCUT2D eigenvalue weighted by Crippen LogP contribution is 2.24. The first kappa shape index (κ1) is 19.5. The van der Waals surface area contributed by atoms with Crippen LogP contribution in [-0.4, -0.2) is 14.3 Å². The monoisotopic (exact) mass is 472 g/mol. The quantitative estimate of drug-likeness (QED) is 0.557. The summed E-state index contributed by atoms with van der Waals surface area (Å²) in [5, 5.41) is 2.69. The van der Waals surface area contributed by atoms with Crippen LogP contribution in [-0.2, 0) is 10.0 Å². The molecule has 3 aromatic rings. The van der Waals surface area contributed by atoms with Gasteiger partial charge in [0.25, 0.3) is 15.9 Å². The third-order valence-corrected chi connectivity index (χ3v) is 6.39. The van der Waals surface area contributed by atoms with Crippen LogP contribution in [0.15, 0.2) is 63.3 Å². The Bertz CT molecular complexity index is 1100. The van der Waals surface area contributed by atoms with Gasteiger partial charge in [0.15, 0.2) is 11.6 Å². The molecule has 1 amide bonds. The van der Waals surface area contributed by atoms with Gasteiger partial charge in [0, 0.05) is 11.4 Å². The first-order valence-electron chi connectivity index (χ1n) is 7.39. The summed E-state index contributed by atoms with van der Waals surface area (Å²) in [6.45, 7) is 0. The molecule has 0 atom stereocenters. The van der Waals surface area contributed by atoms with Crippen molar-refractivity contribution in [3.8, 4) is 0 Å². The Hall–Kier alpha value is -2.30. The van der Waals surface area contributed by atoms with Gasteiger partial charge in [0.05, 0.1) is 13.6 Å². The topological polar surface area (TPSA) is 75.3 Å². The van der Waals surface area contributed by atoms with Gasteiger partial charge in [-0.15, -0.1) is 11.3 Å². The third-order valence-electron chi connectivity index (χ3n) is 3.39. The van der Waals surface area contributed by atoms with Crippen molar-refractivity contribution < 1.29 is 22.0 Å². The predicted molar refractivity (Wildman–Crippen MR) is 104 cm³/mol. The van der Waals surface area contributed by atoms with Crippen molar-refractivity contribution in [3.63, 3.8) is 0 Å². The number of carbonyl (C=O) groups is 1. The standard InChI is InChI=1S/C17H11BrF2N2O3S2/c18-16-8-7-15(26-16)17(23)21-10-1-3-11(4-2-10)22-27(24,25)12-5-6-13(19)14(20)9-12/h1-9,22H,(H,21,23). The summed E-state index contributed by atoms with van der Waals surface area (Å²) in [4.78, 5) is 12.2. The minimum atomic E-state index is -4.08. The van der Waals surface area contributed by atoms with E-state index in [1.807, 2.05) is 0 Å². The van der Waals surface area contributed by atoms with E-state index in [4.69, 9.17) is 0 Å². The van der Waals surface area contributed by atoms with Crippen molar-refractivity contribution in [2.45, 2.75) is 4.90 Å². The van der Waals surface area contributed by atoms with Crippen molar-refractivity contribution in [3.05, 3.63) is 74.9 Å². The number of halogens is 3. The second kappa shape index (κ2) is 7.75. The highest BCUT2D eigenvalue weighted by Gasteiger charge is 2.17.